The number of ether oxygens (including phenoxy) is 3. The number of carbonyl (C=O) groups is 1. The van der Waals surface area contributed by atoms with Gasteiger partial charge in [-0.3, -0.25) is 9.69 Å². The van der Waals surface area contributed by atoms with Crippen molar-refractivity contribution in [3.63, 3.8) is 0 Å². The second kappa shape index (κ2) is 12.9. The summed E-state index contributed by atoms with van der Waals surface area (Å²) in [5.74, 6) is 1.30. The molecule has 4 rings (SSSR count). The molecule has 1 amide bonds. The van der Waals surface area contributed by atoms with Gasteiger partial charge in [0.1, 0.15) is 12.7 Å². The molecule has 1 saturated heterocycles. The van der Waals surface area contributed by atoms with Crippen molar-refractivity contribution in [2.45, 2.75) is 19.1 Å². The van der Waals surface area contributed by atoms with Crippen LogP contribution >= 0.6 is 23.6 Å². The first-order chi connectivity index (χ1) is 16.7. The predicted molar refractivity (Wildman–Crippen MR) is 137 cm³/mol. The number of nitrogens with one attached hydrogen (secondary N) is 2. The molecule has 0 saturated carbocycles. The Kier molecular flexibility index (Phi) is 9.37. The molecule has 1 atom stereocenters. The van der Waals surface area contributed by atoms with Crippen LogP contribution in [0, 0.1) is 0 Å². The van der Waals surface area contributed by atoms with Crippen LogP contribution in [0.25, 0.3) is 0 Å². The number of hydrogen-bond donors (Lipinski definition) is 2. The summed E-state index contributed by atoms with van der Waals surface area (Å²) in [6.07, 6.45) is 0.779. The molecule has 34 heavy (non-hydrogen) atoms. The molecule has 1 fully saturated rings. The van der Waals surface area contributed by atoms with Crippen molar-refractivity contribution < 1.29 is 19.0 Å². The fraction of sp³-hybridized carbons (Fsp3) is 0.500. The topological polar surface area (TPSA) is 75.3 Å². The van der Waals surface area contributed by atoms with Gasteiger partial charge in [-0.1, -0.05) is 18.2 Å². The van der Waals surface area contributed by atoms with Crippen molar-refractivity contribution in [2.24, 2.45) is 0 Å². The van der Waals surface area contributed by atoms with Crippen molar-refractivity contribution in [2.75, 3.05) is 59.1 Å². The molecule has 0 spiro atoms. The number of fused-ring (bicyclic) bond motifs is 1. The Hall–Kier alpha value is -2.40. The van der Waals surface area contributed by atoms with E-state index in [0.29, 0.717) is 24.0 Å². The van der Waals surface area contributed by atoms with E-state index in [1.807, 2.05) is 30.3 Å². The van der Waals surface area contributed by atoms with Gasteiger partial charge in [-0.05, 0) is 42.2 Å². The second-order valence-corrected chi connectivity index (χ2v) is 9.69. The van der Waals surface area contributed by atoms with E-state index >= 15 is 0 Å². The molecule has 0 aliphatic carbocycles. The van der Waals surface area contributed by atoms with Gasteiger partial charge in [0.2, 0.25) is 5.91 Å². The molecule has 184 valence electrons. The molecule has 0 radical (unpaired) electrons. The number of para-hydroxylation sites is 2. The van der Waals surface area contributed by atoms with E-state index in [0.717, 1.165) is 58.1 Å². The summed E-state index contributed by atoms with van der Waals surface area (Å²) in [5, 5.41) is 8.70. The molecular formula is C24H32N4O4S2. The van der Waals surface area contributed by atoms with E-state index in [-0.39, 0.29) is 18.6 Å². The summed E-state index contributed by atoms with van der Waals surface area (Å²) in [5.41, 5.74) is 0. The van der Waals surface area contributed by atoms with E-state index in [2.05, 4.69) is 31.9 Å². The van der Waals surface area contributed by atoms with Crippen LogP contribution in [-0.2, 0) is 16.1 Å². The average Bonchev–Trinajstić information content (AvgIpc) is 3.39. The Morgan fingerprint density at radius 1 is 1.15 bits per heavy atom. The summed E-state index contributed by atoms with van der Waals surface area (Å²) in [6, 6.07) is 11.7. The molecule has 8 nitrogen and oxygen atoms in total. The number of morpholine rings is 1. The normalized spacial score (nSPS) is 17.7. The maximum absolute atomic E-state index is 12.4. The summed E-state index contributed by atoms with van der Waals surface area (Å²) in [4.78, 5) is 18.2. The van der Waals surface area contributed by atoms with Crippen LogP contribution in [0.3, 0.4) is 0 Å². The van der Waals surface area contributed by atoms with Crippen LogP contribution in [0.4, 0.5) is 0 Å². The fourth-order valence-corrected chi connectivity index (χ4v) is 4.82. The Labute approximate surface area is 210 Å². The maximum Gasteiger partial charge on any atom is 0.239 e. The van der Waals surface area contributed by atoms with Gasteiger partial charge < -0.3 is 29.7 Å². The van der Waals surface area contributed by atoms with Crippen molar-refractivity contribution in [3.8, 4) is 11.5 Å². The highest BCUT2D eigenvalue weighted by Gasteiger charge is 2.21. The van der Waals surface area contributed by atoms with Gasteiger partial charge in [-0.2, -0.15) is 0 Å². The lowest BCUT2D eigenvalue weighted by molar-refractivity contribution is -0.120. The molecule has 2 aliphatic heterocycles. The Morgan fingerprint density at radius 3 is 2.76 bits per heavy atom. The van der Waals surface area contributed by atoms with Gasteiger partial charge in [0.05, 0.1) is 32.8 Å². The lowest BCUT2D eigenvalue weighted by Gasteiger charge is -2.29. The van der Waals surface area contributed by atoms with Crippen LogP contribution < -0.4 is 20.1 Å². The van der Waals surface area contributed by atoms with Gasteiger partial charge in [0.15, 0.2) is 16.6 Å². The zero-order chi connectivity index (χ0) is 23.6. The molecule has 2 aliphatic rings. The number of amides is 1. The number of carbonyl (C=O) groups excluding carboxylic acids is 1. The number of nitrogens with zero attached hydrogens (tertiary/aromatic N) is 2. The van der Waals surface area contributed by atoms with E-state index in [1.165, 1.54) is 4.88 Å². The van der Waals surface area contributed by atoms with Crippen LogP contribution in [0.15, 0.2) is 41.8 Å². The molecule has 3 heterocycles. The molecule has 10 heteroatoms. The van der Waals surface area contributed by atoms with Crippen LogP contribution in [-0.4, -0.2) is 86.0 Å². The first-order valence-corrected chi connectivity index (χ1v) is 13.0. The van der Waals surface area contributed by atoms with Gasteiger partial charge in [0.25, 0.3) is 0 Å². The second-order valence-electron chi connectivity index (χ2n) is 8.27. The van der Waals surface area contributed by atoms with Crippen molar-refractivity contribution in [1.82, 2.24) is 20.4 Å². The highest BCUT2D eigenvalue weighted by Crippen LogP contribution is 2.30. The minimum absolute atomic E-state index is 0.118. The Morgan fingerprint density at radius 2 is 1.97 bits per heavy atom. The van der Waals surface area contributed by atoms with Crippen LogP contribution in [0.1, 0.15) is 11.3 Å². The molecule has 2 aromatic rings. The molecule has 1 aromatic heterocycles. The largest absolute Gasteiger partial charge is 0.486 e. The average molecular weight is 505 g/mol. The van der Waals surface area contributed by atoms with E-state index in [9.17, 15) is 4.79 Å². The van der Waals surface area contributed by atoms with Gasteiger partial charge in [0, 0.05) is 31.1 Å². The summed E-state index contributed by atoms with van der Waals surface area (Å²) in [6.45, 7) is 7.05. The number of thiophene rings is 1. The van der Waals surface area contributed by atoms with Crippen molar-refractivity contribution in [3.05, 3.63) is 46.7 Å². The number of rotatable bonds is 10. The first kappa shape index (κ1) is 24.7. The lowest BCUT2D eigenvalue weighted by atomic mass is 10.2. The summed E-state index contributed by atoms with van der Waals surface area (Å²) >= 11 is 7.36. The summed E-state index contributed by atoms with van der Waals surface area (Å²) in [7, 11) is 0. The van der Waals surface area contributed by atoms with Crippen LogP contribution in [0.5, 0.6) is 11.5 Å². The maximum atomic E-state index is 12.4. The predicted octanol–water partition coefficient (Wildman–Crippen LogP) is 2.10. The van der Waals surface area contributed by atoms with Gasteiger partial charge in [-0.15, -0.1) is 11.3 Å². The molecule has 1 aromatic carbocycles. The minimum Gasteiger partial charge on any atom is -0.486 e. The Bertz CT molecular complexity index is 921. The highest BCUT2D eigenvalue weighted by molar-refractivity contribution is 7.80. The minimum atomic E-state index is -0.221. The SMILES string of the molecule is O=C(CNC(=S)N(CCCN1CCOCC1)Cc1cccs1)NC[C@@H]1COc2ccccc2O1. The fourth-order valence-electron chi connectivity index (χ4n) is 3.87. The molecule has 0 bridgehead atoms. The van der Waals surface area contributed by atoms with Gasteiger partial charge in [-0.25, -0.2) is 0 Å². The number of hydrogen-bond acceptors (Lipinski definition) is 7. The first-order valence-electron chi connectivity index (χ1n) is 11.7. The smallest absolute Gasteiger partial charge is 0.239 e. The van der Waals surface area contributed by atoms with E-state index in [4.69, 9.17) is 26.4 Å². The molecule has 2 N–H and O–H groups in total. The molecular weight excluding hydrogens is 472 g/mol. The standard InChI is InChI=1S/C24H32N4O4S2/c29-23(25-15-19-18-31-21-6-1-2-7-22(21)32-19)16-26-24(33)28(17-20-5-3-14-34-20)9-4-8-27-10-12-30-13-11-27/h1-3,5-7,14,19H,4,8-13,15-18H2,(H,25,29)(H,26,33)/t19-/m1/s1. The quantitative estimate of drug-likeness (QED) is 0.477. The summed E-state index contributed by atoms with van der Waals surface area (Å²) < 4.78 is 17.0. The van der Waals surface area contributed by atoms with Crippen LogP contribution in [0.2, 0.25) is 0 Å². The third-order valence-corrected chi connectivity index (χ3v) is 6.98. The highest BCUT2D eigenvalue weighted by atomic mass is 32.1. The monoisotopic (exact) mass is 504 g/mol. The Balaban J connectivity index is 1.20. The van der Waals surface area contributed by atoms with E-state index < -0.39 is 0 Å². The van der Waals surface area contributed by atoms with Crippen molar-refractivity contribution >= 4 is 34.6 Å². The van der Waals surface area contributed by atoms with Crippen molar-refractivity contribution in [1.29, 1.82) is 0 Å². The molecule has 0 unspecified atom stereocenters. The third-order valence-electron chi connectivity index (χ3n) is 5.71. The van der Waals surface area contributed by atoms with Gasteiger partial charge >= 0.3 is 0 Å². The number of thiocarbonyl (C=S) groups is 1. The zero-order valence-corrected chi connectivity index (χ0v) is 20.9. The lowest BCUT2D eigenvalue weighted by Crippen LogP contribution is -2.47. The third kappa shape index (κ3) is 7.56. The number of benzene rings is 1. The van der Waals surface area contributed by atoms with E-state index in [1.54, 1.807) is 11.3 Å². The zero-order valence-electron chi connectivity index (χ0n) is 19.2.